The number of carboxylic acid groups (broad SMARTS) is 1. The summed E-state index contributed by atoms with van der Waals surface area (Å²) in [6.07, 6.45) is -5.31. The number of Topliss-reactive ketones (excluding diaryl/α,β-unsaturated/α-hetero) is 1. The minimum absolute atomic E-state index is 0.00848. The Labute approximate surface area is 183 Å². The molecule has 0 aliphatic carbocycles. The molecule has 4 rings (SSSR count). The predicted molar refractivity (Wildman–Crippen MR) is 109 cm³/mol. The zero-order chi connectivity index (χ0) is 24.1. The highest BCUT2D eigenvalue weighted by molar-refractivity contribution is 6.26. The van der Waals surface area contributed by atoms with E-state index in [2.05, 4.69) is 4.99 Å². The normalized spacial score (nSPS) is 13.7. The van der Waals surface area contributed by atoms with Crippen molar-refractivity contribution < 1.29 is 37.1 Å². The van der Waals surface area contributed by atoms with Gasteiger partial charge in [0.15, 0.2) is 5.78 Å². The molecule has 0 saturated carbocycles. The van der Waals surface area contributed by atoms with E-state index in [0.29, 0.717) is 18.2 Å². The average molecular weight is 461 g/mol. The number of carbonyl (C=O) groups excluding carboxylic acids is 2. The second-order valence-corrected chi connectivity index (χ2v) is 7.43. The highest BCUT2D eigenvalue weighted by Gasteiger charge is 2.34. The number of rotatable bonds is 5. The molecule has 0 bridgehead atoms. The molecule has 0 atom stereocenters. The number of carboxylic acids is 1. The van der Waals surface area contributed by atoms with Gasteiger partial charge in [-0.1, -0.05) is 6.07 Å². The number of aromatic nitrogens is 1. The van der Waals surface area contributed by atoms with Crippen LogP contribution in [-0.2, 0) is 17.5 Å². The fourth-order valence-electron chi connectivity index (χ4n) is 3.99. The predicted octanol–water partition coefficient (Wildman–Crippen LogP) is 3.41. The number of halogens is 4. The molecule has 1 amide bonds. The van der Waals surface area contributed by atoms with E-state index >= 15 is 0 Å². The highest BCUT2D eigenvalue weighted by Crippen LogP contribution is 2.35. The van der Waals surface area contributed by atoms with E-state index in [1.165, 1.54) is 22.8 Å². The molecule has 3 aromatic rings. The van der Waals surface area contributed by atoms with E-state index in [4.69, 9.17) is 5.73 Å². The van der Waals surface area contributed by atoms with Crippen LogP contribution < -0.4 is 5.73 Å². The van der Waals surface area contributed by atoms with Crippen LogP contribution in [0.5, 0.6) is 0 Å². The van der Waals surface area contributed by atoms with E-state index in [-0.39, 0.29) is 45.5 Å². The Balaban J connectivity index is 2.03. The third-order valence-electron chi connectivity index (χ3n) is 5.34. The Hall–Kier alpha value is -4.02. The molecule has 0 unspecified atom stereocenters. The van der Waals surface area contributed by atoms with E-state index in [1.807, 2.05) is 0 Å². The van der Waals surface area contributed by atoms with Gasteiger partial charge in [0.2, 0.25) is 5.91 Å². The van der Waals surface area contributed by atoms with Gasteiger partial charge in [-0.05, 0) is 30.3 Å². The number of fused-ring (bicyclic) bond motifs is 3. The summed E-state index contributed by atoms with van der Waals surface area (Å²) >= 11 is 0. The highest BCUT2D eigenvalue weighted by atomic mass is 19.4. The van der Waals surface area contributed by atoms with Crippen molar-refractivity contribution in [2.24, 2.45) is 10.7 Å². The first kappa shape index (κ1) is 22.2. The van der Waals surface area contributed by atoms with Crippen molar-refractivity contribution in [3.05, 3.63) is 70.2 Å². The molecule has 170 valence electrons. The maximum absolute atomic E-state index is 14.5. The molecule has 11 heteroatoms. The number of hydrogen-bond donors (Lipinski definition) is 2. The third kappa shape index (κ3) is 3.86. The number of primary amides is 1. The molecule has 2 aromatic carbocycles. The van der Waals surface area contributed by atoms with Gasteiger partial charge >= 0.3 is 12.1 Å². The van der Waals surface area contributed by atoms with Crippen molar-refractivity contribution in [1.82, 2.24) is 4.57 Å². The molecule has 0 fully saturated rings. The quantitative estimate of drug-likeness (QED) is 0.567. The summed E-state index contributed by atoms with van der Waals surface area (Å²) in [6.45, 7) is -0.852. The van der Waals surface area contributed by atoms with Crippen molar-refractivity contribution in [2.75, 3.05) is 6.54 Å². The van der Waals surface area contributed by atoms with Crippen LogP contribution in [0.1, 0.15) is 44.0 Å². The summed E-state index contributed by atoms with van der Waals surface area (Å²) in [6, 6.07) is 6.24. The molecule has 3 N–H and O–H groups in total. The average Bonchev–Trinajstić information content (AvgIpc) is 3.06. The Morgan fingerprint density at radius 1 is 1.18 bits per heavy atom. The van der Waals surface area contributed by atoms with Crippen LogP contribution in [0.25, 0.3) is 10.9 Å². The summed E-state index contributed by atoms with van der Waals surface area (Å²) < 4.78 is 55.4. The van der Waals surface area contributed by atoms with Gasteiger partial charge in [0.1, 0.15) is 12.4 Å². The van der Waals surface area contributed by atoms with Crippen molar-refractivity contribution in [3.8, 4) is 0 Å². The van der Waals surface area contributed by atoms with E-state index in [1.54, 1.807) is 0 Å². The van der Waals surface area contributed by atoms with Crippen molar-refractivity contribution in [1.29, 1.82) is 0 Å². The number of benzene rings is 2. The molecule has 0 spiro atoms. The first-order chi connectivity index (χ1) is 15.5. The monoisotopic (exact) mass is 461 g/mol. The number of amides is 1. The molecule has 33 heavy (non-hydrogen) atoms. The lowest BCUT2D eigenvalue weighted by Gasteiger charge is -2.17. The van der Waals surface area contributed by atoms with Crippen LogP contribution in [0, 0.1) is 5.82 Å². The number of nitrogens with zero attached hydrogens (tertiary/aromatic N) is 2. The molecule has 0 saturated heterocycles. The second kappa shape index (κ2) is 7.84. The molecule has 1 aliphatic rings. The van der Waals surface area contributed by atoms with Gasteiger partial charge in [-0.25, -0.2) is 4.39 Å². The van der Waals surface area contributed by atoms with E-state index < -0.39 is 48.2 Å². The van der Waals surface area contributed by atoms with Crippen LogP contribution in [0.2, 0.25) is 0 Å². The Kier molecular flexibility index (Phi) is 5.27. The van der Waals surface area contributed by atoms with Crippen molar-refractivity contribution >= 4 is 34.3 Å². The van der Waals surface area contributed by atoms with Crippen LogP contribution in [-0.4, -0.2) is 39.6 Å². The van der Waals surface area contributed by atoms with Gasteiger partial charge in [-0.3, -0.25) is 19.4 Å². The minimum atomic E-state index is -4.72. The Morgan fingerprint density at radius 2 is 1.91 bits per heavy atom. The zero-order valence-corrected chi connectivity index (χ0v) is 16.7. The summed E-state index contributed by atoms with van der Waals surface area (Å²) in [5.74, 6) is -3.57. The van der Waals surface area contributed by atoms with E-state index in [0.717, 1.165) is 0 Å². The third-order valence-corrected chi connectivity index (χ3v) is 5.34. The molecule has 0 radical (unpaired) electrons. The Bertz CT molecular complexity index is 1370. The lowest BCUT2D eigenvalue weighted by atomic mass is 9.96. The van der Waals surface area contributed by atoms with E-state index in [9.17, 15) is 37.1 Å². The van der Waals surface area contributed by atoms with Crippen LogP contribution in [0.4, 0.5) is 17.6 Å². The summed E-state index contributed by atoms with van der Waals surface area (Å²) in [7, 11) is 0. The fraction of sp³-hybridized carbons (Fsp3) is 0.182. The topological polar surface area (TPSA) is 115 Å². The second-order valence-electron chi connectivity index (χ2n) is 7.43. The fourth-order valence-corrected chi connectivity index (χ4v) is 3.99. The number of aliphatic carboxylic acids is 1. The largest absolute Gasteiger partial charge is 0.481 e. The lowest BCUT2D eigenvalue weighted by Crippen LogP contribution is -2.24. The van der Waals surface area contributed by atoms with Crippen molar-refractivity contribution in [3.63, 3.8) is 0 Å². The van der Waals surface area contributed by atoms with Crippen LogP contribution >= 0.6 is 0 Å². The number of aliphatic imine (C=N–C) groups is 1. The zero-order valence-electron chi connectivity index (χ0n) is 16.7. The first-order valence-corrected chi connectivity index (χ1v) is 9.58. The minimum Gasteiger partial charge on any atom is -0.481 e. The van der Waals surface area contributed by atoms with Gasteiger partial charge in [-0.2, -0.15) is 13.2 Å². The van der Waals surface area contributed by atoms with Crippen LogP contribution in [0.3, 0.4) is 0 Å². The molecular weight excluding hydrogens is 446 g/mol. The standard InChI is InChI=1S/C22H15F4N3O4/c23-13-5-4-11(22(24,25)26)6-10(13)9-29-15-3-1-2-12(21(27)33)18(15)19-16(30)8-28-14(20(19)29)7-17(31)32/h1-6H,7-9H2,(H2,27,33)(H,31,32). The molecular formula is C22H15F4N3O4. The first-order valence-electron chi connectivity index (χ1n) is 9.58. The van der Waals surface area contributed by atoms with Crippen LogP contribution in [0.15, 0.2) is 41.4 Å². The number of carbonyl (C=O) groups is 3. The lowest BCUT2D eigenvalue weighted by molar-refractivity contribution is -0.138. The number of hydrogen-bond acceptors (Lipinski definition) is 4. The molecule has 7 nitrogen and oxygen atoms in total. The Morgan fingerprint density at radius 3 is 2.55 bits per heavy atom. The van der Waals surface area contributed by atoms with Gasteiger partial charge in [-0.15, -0.1) is 0 Å². The molecule has 1 aliphatic heterocycles. The SMILES string of the molecule is NC(=O)c1cccc2c1c1c(n2Cc2cc(C(F)(F)F)ccc2F)C(CC(=O)O)=NCC1=O. The smallest absolute Gasteiger partial charge is 0.416 e. The number of ketones is 1. The van der Waals surface area contributed by atoms with Gasteiger partial charge in [0.05, 0.1) is 41.0 Å². The number of nitrogens with two attached hydrogens (primary N) is 1. The maximum atomic E-state index is 14.5. The number of alkyl halides is 3. The van der Waals surface area contributed by atoms with Gasteiger partial charge in [0, 0.05) is 16.5 Å². The summed E-state index contributed by atoms with van der Waals surface area (Å²) in [4.78, 5) is 40.2. The molecule has 1 aromatic heterocycles. The van der Waals surface area contributed by atoms with Crippen molar-refractivity contribution in [2.45, 2.75) is 19.1 Å². The summed E-state index contributed by atoms with van der Waals surface area (Å²) in [5, 5.41) is 9.41. The summed E-state index contributed by atoms with van der Waals surface area (Å²) in [5.41, 5.74) is 4.20. The van der Waals surface area contributed by atoms with Gasteiger partial charge < -0.3 is 15.4 Å². The molecule has 2 heterocycles. The van der Waals surface area contributed by atoms with Gasteiger partial charge in [0.25, 0.3) is 0 Å². The maximum Gasteiger partial charge on any atom is 0.416 e.